The Hall–Kier alpha value is -1.18. The molecule has 0 aliphatic rings. The highest BCUT2D eigenvalue weighted by molar-refractivity contribution is 5.79. The lowest BCUT2D eigenvalue weighted by atomic mass is 10.3. The van der Waals surface area contributed by atoms with Gasteiger partial charge >= 0.3 is 11.9 Å². The fourth-order valence-corrected chi connectivity index (χ4v) is 0.553. The minimum atomic E-state index is -1.79. The van der Waals surface area contributed by atoms with Crippen molar-refractivity contribution in [3.8, 4) is 0 Å². The maximum absolute atomic E-state index is 9.72. The molecule has 4 N–H and O–H groups in total. The van der Waals surface area contributed by atoms with Crippen LogP contribution in [-0.2, 0) is 9.59 Å². The average molecular weight is 238 g/mol. The molecule has 7 heteroatoms. The van der Waals surface area contributed by atoms with Crippen LogP contribution >= 0.6 is 0 Å². The van der Waals surface area contributed by atoms with Gasteiger partial charge in [-0.3, -0.25) is 4.79 Å². The van der Waals surface area contributed by atoms with E-state index in [9.17, 15) is 9.59 Å². The normalized spacial score (nSPS) is 12.3. The molecule has 0 saturated carbocycles. The van der Waals surface area contributed by atoms with Gasteiger partial charge in [-0.2, -0.15) is 0 Å². The van der Waals surface area contributed by atoms with Gasteiger partial charge in [-0.05, 0) is 0 Å². The van der Waals surface area contributed by atoms with Crippen molar-refractivity contribution < 1.29 is 34.5 Å². The van der Waals surface area contributed by atoms with Gasteiger partial charge in [0, 0.05) is 0 Å². The molecule has 16 heavy (non-hydrogen) atoms. The molecule has 1 atom stereocenters. The second-order valence-corrected chi connectivity index (χ2v) is 4.19. The fraction of sp³-hybridized carbons (Fsp3) is 0.778. The second-order valence-electron chi connectivity index (χ2n) is 4.19. The molecular weight excluding hydrogens is 218 g/mol. The van der Waals surface area contributed by atoms with Crippen LogP contribution in [0.1, 0.15) is 6.42 Å². The monoisotopic (exact) mass is 238 g/mol. The van der Waals surface area contributed by atoms with Crippen LogP contribution in [0.5, 0.6) is 0 Å². The van der Waals surface area contributed by atoms with Crippen molar-refractivity contribution >= 4 is 11.9 Å². The smallest absolute Gasteiger partial charge is 0.333 e. The van der Waals surface area contributed by atoms with Crippen LogP contribution in [0.3, 0.4) is 0 Å². The number of aliphatic hydroxyl groups excluding tert-OH is 2. The molecule has 0 rings (SSSR count). The molecule has 0 radical (unpaired) electrons. The molecule has 0 aromatic rings. The molecule has 0 aliphatic carbocycles. The van der Waals surface area contributed by atoms with Gasteiger partial charge < -0.3 is 24.9 Å². The Labute approximate surface area is 94.1 Å². The van der Waals surface area contributed by atoms with Crippen molar-refractivity contribution in [2.24, 2.45) is 0 Å². The summed E-state index contributed by atoms with van der Waals surface area (Å²) in [4.78, 5) is 19.4. The van der Waals surface area contributed by atoms with Crippen molar-refractivity contribution in [2.45, 2.75) is 12.5 Å². The summed E-state index contributed by atoms with van der Waals surface area (Å²) in [6, 6.07) is 0. The first-order chi connectivity index (χ1) is 7.10. The highest BCUT2D eigenvalue weighted by Gasteiger charge is 2.16. The van der Waals surface area contributed by atoms with Crippen LogP contribution < -0.4 is 0 Å². The van der Waals surface area contributed by atoms with E-state index in [-0.39, 0.29) is 6.61 Å². The SMILES string of the molecule is C[N+](C)(C)CCO.O=C(O)CC(O)C(=O)O. The molecule has 0 aromatic carbocycles. The number of quaternary nitrogens is 1. The Bertz CT molecular complexity index is 223. The number of likely N-dealkylation sites (N-methyl/N-ethyl adjacent to an activating group) is 1. The van der Waals surface area contributed by atoms with Crippen LogP contribution in [-0.4, -0.2) is 77.2 Å². The first-order valence-electron chi connectivity index (χ1n) is 4.64. The summed E-state index contributed by atoms with van der Waals surface area (Å²) >= 11 is 0. The van der Waals surface area contributed by atoms with E-state index in [1.165, 1.54) is 0 Å². The lowest BCUT2D eigenvalue weighted by Gasteiger charge is -2.21. The van der Waals surface area contributed by atoms with Gasteiger partial charge in [0.25, 0.3) is 0 Å². The molecule has 0 heterocycles. The molecule has 0 spiro atoms. The molecule has 96 valence electrons. The van der Waals surface area contributed by atoms with Crippen molar-refractivity contribution in [1.82, 2.24) is 0 Å². The Morgan fingerprint density at radius 3 is 1.69 bits per heavy atom. The Morgan fingerprint density at radius 2 is 1.62 bits per heavy atom. The molecule has 1 unspecified atom stereocenters. The average Bonchev–Trinajstić information content (AvgIpc) is 2.01. The van der Waals surface area contributed by atoms with Crippen LogP contribution in [0, 0.1) is 0 Å². The zero-order valence-electron chi connectivity index (χ0n) is 9.75. The third-order valence-electron chi connectivity index (χ3n) is 1.42. The Morgan fingerprint density at radius 1 is 1.19 bits per heavy atom. The summed E-state index contributed by atoms with van der Waals surface area (Å²) in [5.74, 6) is -2.85. The third kappa shape index (κ3) is 15.3. The highest BCUT2D eigenvalue weighted by atomic mass is 16.4. The maximum atomic E-state index is 9.72. The van der Waals surface area contributed by atoms with Crippen LogP contribution in [0.25, 0.3) is 0 Å². The quantitative estimate of drug-likeness (QED) is 0.437. The summed E-state index contributed by atoms with van der Waals surface area (Å²) < 4.78 is 0.844. The van der Waals surface area contributed by atoms with Gasteiger partial charge in [0.15, 0.2) is 6.10 Å². The Kier molecular flexibility index (Phi) is 8.64. The number of carbonyl (C=O) groups is 2. The van der Waals surface area contributed by atoms with Crippen LogP contribution in [0.2, 0.25) is 0 Å². The predicted octanol–water partition coefficient (Wildman–Crippen LogP) is -1.41. The molecule has 0 saturated heterocycles. The van der Waals surface area contributed by atoms with Gasteiger partial charge in [-0.1, -0.05) is 0 Å². The predicted molar refractivity (Wildman–Crippen MR) is 55.9 cm³/mol. The number of carboxylic acids is 2. The first-order valence-corrected chi connectivity index (χ1v) is 4.64. The first kappa shape index (κ1) is 17.2. The summed E-state index contributed by atoms with van der Waals surface area (Å²) in [6.07, 6.45) is -2.54. The van der Waals surface area contributed by atoms with E-state index in [1.54, 1.807) is 0 Å². The fourth-order valence-electron chi connectivity index (χ4n) is 0.553. The summed E-state index contributed by atoms with van der Waals surface area (Å²) in [7, 11) is 6.16. The zero-order valence-corrected chi connectivity index (χ0v) is 9.75. The highest BCUT2D eigenvalue weighted by Crippen LogP contribution is 1.89. The molecular formula is C9H20NO6+. The van der Waals surface area contributed by atoms with Gasteiger partial charge in [-0.15, -0.1) is 0 Å². The molecule has 7 nitrogen and oxygen atoms in total. The third-order valence-corrected chi connectivity index (χ3v) is 1.42. The maximum Gasteiger partial charge on any atom is 0.333 e. The van der Waals surface area contributed by atoms with E-state index >= 15 is 0 Å². The molecule has 0 aliphatic heterocycles. The van der Waals surface area contributed by atoms with Gasteiger partial charge in [-0.25, -0.2) is 4.79 Å². The standard InChI is InChI=1S/C5H14NO.C4H6O5/c1-6(2,3)4-5-7;5-2(4(8)9)1-3(6)7/h7H,4-5H2,1-3H3;2,5H,1H2,(H,6,7)(H,8,9)/q+1;. The topological polar surface area (TPSA) is 115 Å². The number of rotatable bonds is 5. The van der Waals surface area contributed by atoms with Crippen molar-refractivity contribution in [3.63, 3.8) is 0 Å². The van der Waals surface area contributed by atoms with Gasteiger partial charge in [0.2, 0.25) is 0 Å². The van der Waals surface area contributed by atoms with Gasteiger partial charge in [0.05, 0.1) is 34.2 Å². The van der Waals surface area contributed by atoms with E-state index in [0.717, 1.165) is 11.0 Å². The molecule has 0 fully saturated rings. The van der Waals surface area contributed by atoms with E-state index in [4.69, 9.17) is 20.4 Å². The second kappa shape index (κ2) is 8.03. The molecule has 0 aromatic heterocycles. The van der Waals surface area contributed by atoms with E-state index in [2.05, 4.69) is 21.1 Å². The lowest BCUT2D eigenvalue weighted by Crippen LogP contribution is -2.36. The van der Waals surface area contributed by atoms with E-state index in [1.807, 2.05) is 0 Å². The number of carboxylic acid groups (broad SMARTS) is 2. The largest absolute Gasteiger partial charge is 0.481 e. The number of aliphatic hydroxyl groups is 2. The number of hydrogen-bond acceptors (Lipinski definition) is 4. The van der Waals surface area contributed by atoms with Crippen LogP contribution in [0.15, 0.2) is 0 Å². The lowest BCUT2D eigenvalue weighted by molar-refractivity contribution is -0.870. The summed E-state index contributed by atoms with van der Waals surface area (Å²) in [5.41, 5.74) is 0. The van der Waals surface area contributed by atoms with E-state index < -0.39 is 24.5 Å². The molecule has 0 amide bonds. The minimum absolute atomic E-state index is 0.281. The van der Waals surface area contributed by atoms with Crippen molar-refractivity contribution in [2.75, 3.05) is 34.3 Å². The zero-order chi connectivity index (χ0) is 13.4. The number of hydrogen-bond donors (Lipinski definition) is 4. The summed E-state index contributed by atoms with van der Waals surface area (Å²) in [6.45, 7) is 1.11. The van der Waals surface area contributed by atoms with E-state index in [0.29, 0.717) is 0 Å². The van der Waals surface area contributed by atoms with Crippen molar-refractivity contribution in [3.05, 3.63) is 0 Å². The number of aliphatic carboxylic acids is 2. The van der Waals surface area contributed by atoms with Gasteiger partial charge in [0.1, 0.15) is 6.54 Å². The minimum Gasteiger partial charge on any atom is -0.481 e. The number of nitrogens with zero attached hydrogens (tertiary/aromatic N) is 1. The Balaban J connectivity index is 0. The summed E-state index contributed by atoms with van der Waals surface area (Å²) in [5, 5.41) is 32.5. The molecule has 0 bridgehead atoms. The van der Waals surface area contributed by atoms with Crippen LogP contribution in [0.4, 0.5) is 0 Å². The van der Waals surface area contributed by atoms with Crippen molar-refractivity contribution in [1.29, 1.82) is 0 Å².